The van der Waals surface area contributed by atoms with Crippen molar-refractivity contribution in [1.29, 1.82) is 0 Å². The van der Waals surface area contributed by atoms with E-state index in [1.807, 2.05) is 18.2 Å². The van der Waals surface area contributed by atoms with Gasteiger partial charge in [0.05, 0.1) is 41.4 Å². The summed E-state index contributed by atoms with van der Waals surface area (Å²) in [6.45, 7) is 1.68. The van der Waals surface area contributed by atoms with Gasteiger partial charge in [0.15, 0.2) is 11.5 Å². The van der Waals surface area contributed by atoms with E-state index in [0.717, 1.165) is 59.3 Å². The molecule has 173 valence electrons. The normalized spacial score (nSPS) is 16.0. The highest BCUT2D eigenvalue weighted by molar-refractivity contribution is 6.32. The van der Waals surface area contributed by atoms with E-state index in [4.69, 9.17) is 22.1 Å². The van der Waals surface area contributed by atoms with Gasteiger partial charge in [0, 0.05) is 36.8 Å². The van der Waals surface area contributed by atoms with Crippen LogP contribution < -0.4 is 20.7 Å². The second kappa shape index (κ2) is 9.32. The number of fused-ring (bicyclic) bond motifs is 1. The molecule has 0 saturated carbocycles. The van der Waals surface area contributed by atoms with Gasteiger partial charge >= 0.3 is 0 Å². The maximum atomic E-state index is 10.1. The number of nitrogens with one attached hydrogen (secondary N) is 1. The Kier molecular flexibility index (Phi) is 6.08. The molecule has 4 aromatic rings. The van der Waals surface area contributed by atoms with Crippen molar-refractivity contribution in [1.82, 2.24) is 15.0 Å². The van der Waals surface area contributed by atoms with Gasteiger partial charge in [-0.15, -0.1) is 0 Å². The lowest BCUT2D eigenvalue weighted by molar-refractivity contribution is 0.374. The molecular weight excluding hydrogens is 452 g/mol. The summed E-state index contributed by atoms with van der Waals surface area (Å²) in [6, 6.07) is 12.6. The molecule has 0 spiro atoms. The Morgan fingerprint density at radius 3 is 2.76 bits per heavy atom. The number of aromatic hydroxyl groups is 1. The van der Waals surface area contributed by atoms with Gasteiger partial charge in [-0.1, -0.05) is 17.7 Å². The molecule has 1 atom stereocenters. The van der Waals surface area contributed by atoms with E-state index in [9.17, 15) is 5.11 Å². The predicted molar refractivity (Wildman–Crippen MR) is 134 cm³/mol. The number of aromatic nitrogens is 3. The zero-order valence-electron chi connectivity index (χ0n) is 18.6. The molecule has 3 heterocycles. The van der Waals surface area contributed by atoms with Crippen molar-refractivity contribution in [2.75, 3.05) is 30.4 Å². The van der Waals surface area contributed by atoms with Gasteiger partial charge in [0.25, 0.3) is 0 Å². The molecule has 5 rings (SSSR count). The molecule has 2 aromatic carbocycles. The number of halogens is 1. The number of piperidine rings is 1. The second-order valence-corrected chi connectivity index (χ2v) is 8.67. The van der Waals surface area contributed by atoms with Crippen molar-refractivity contribution in [2.45, 2.75) is 18.9 Å². The van der Waals surface area contributed by atoms with Crippen molar-refractivity contribution >= 4 is 39.8 Å². The van der Waals surface area contributed by atoms with Crippen LogP contribution in [-0.2, 0) is 0 Å². The van der Waals surface area contributed by atoms with Crippen LogP contribution in [0.3, 0.4) is 0 Å². The van der Waals surface area contributed by atoms with Gasteiger partial charge in [0.1, 0.15) is 0 Å². The molecule has 0 amide bonds. The highest BCUT2D eigenvalue weighted by Crippen LogP contribution is 2.39. The van der Waals surface area contributed by atoms with E-state index in [1.165, 1.54) is 7.11 Å². The first-order chi connectivity index (χ1) is 16.5. The van der Waals surface area contributed by atoms with Gasteiger partial charge in [-0.25, -0.2) is 9.97 Å². The van der Waals surface area contributed by atoms with Crippen molar-refractivity contribution in [3.05, 3.63) is 60.0 Å². The van der Waals surface area contributed by atoms with Crippen molar-refractivity contribution in [3.63, 3.8) is 0 Å². The fourth-order valence-corrected chi connectivity index (χ4v) is 4.37. The zero-order valence-corrected chi connectivity index (χ0v) is 19.4. The topological polar surface area (TPSA) is 109 Å². The lowest BCUT2D eigenvalue weighted by Gasteiger charge is -2.30. The minimum Gasteiger partial charge on any atom is -0.503 e. The average Bonchev–Trinajstić information content (AvgIpc) is 2.86. The van der Waals surface area contributed by atoms with E-state index in [1.54, 1.807) is 30.7 Å². The molecule has 1 aliphatic rings. The molecule has 34 heavy (non-hydrogen) atoms. The molecule has 1 aliphatic heterocycles. The number of phenols is 1. The van der Waals surface area contributed by atoms with E-state index < -0.39 is 0 Å². The van der Waals surface area contributed by atoms with Crippen LogP contribution in [0.2, 0.25) is 5.02 Å². The minimum atomic E-state index is -0.0824. The Morgan fingerprint density at radius 2 is 2.00 bits per heavy atom. The molecule has 1 fully saturated rings. The highest BCUT2D eigenvalue weighted by atomic mass is 35.5. The summed E-state index contributed by atoms with van der Waals surface area (Å²) < 4.78 is 5.25. The van der Waals surface area contributed by atoms with E-state index in [2.05, 4.69) is 31.2 Å². The summed E-state index contributed by atoms with van der Waals surface area (Å²) in [7, 11) is 1.49. The lowest BCUT2D eigenvalue weighted by Crippen LogP contribution is -2.43. The number of hydrogen-bond donors (Lipinski definition) is 3. The maximum absolute atomic E-state index is 10.1. The molecule has 1 unspecified atom stereocenters. The molecule has 1 saturated heterocycles. The van der Waals surface area contributed by atoms with Crippen LogP contribution >= 0.6 is 11.6 Å². The first-order valence-electron chi connectivity index (χ1n) is 11.0. The quantitative estimate of drug-likeness (QED) is 0.386. The number of ether oxygens (including phenoxy) is 1. The van der Waals surface area contributed by atoms with E-state index in [-0.39, 0.29) is 16.8 Å². The summed E-state index contributed by atoms with van der Waals surface area (Å²) >= 11 is 6.20. The van der Waals surface area contributed by atoms with Gasteiger partial charge < -0.3 is 25.8 Å². The Bertz CT molecular complexity index is 1330. The third kappa shape index (κ3) is 4.42. The summed E-state index contributed by atoms with van der Waals surface area (Å²) in [4.78, 5) is 15.6. The van der Waals surface area contributed by atoms with Crippen LogP contribution in [0.5, 0.6) is 11.5 Å². The number of phenolic OH excluding ortho intramolecular Hbond substituents is 1. The Morgan fingerprint density at radius 1 is 1.18 bits per heavy atom. The van der Waals surface area contributed by atoms with E-state index in [0.29, 0.717) is 11.7 Å². The first kappa shape index (κ1) is 22.2. The molecule has 0 aliphatic carbocycles. The number of methoxy groups -OCH3 is 1. The molecular formula is C25H24ClN6O2. The number of hydrogen-bond acceptors (Lipinski definition) is 8. The van der Waals surface area contributed by atoms with Crippen molar-refractivity contribution < 1.29 is 9.84 Å². The van der Waals surface area contributed by atoms with Crippen LogP contribution in [0.15, 0.2) is 48.9 Å². The van der Waals surface area contributed by atoms with Crippen LogP contribution in [0.1, 0.15) is 12.8 Å². The smallest absolute Gasteiger partial charge is 0.225 e. The first-order valence-corrected chi connectivity index (χ1v) is 11.4. The second-order valence-electron chi connectivity index (χ2n) is 8.26. The number of pyridine rings is 1. The third-order valence-electron chi connectivity index (χ3n) is 5.91. The van der Waals surface area contributed by atoms with Crippen LogP contribution in [0.25, 0.3) is 22.0 Å². The number of rotatable bonds is 5. The summed E-state index contributed by atoms with van der Waals surface area (Å²) in [5, 5.41) is 14.5. The number of nitrogens with zero attached hydrogens (tertiary/aromatic N) is 4. The molecule has 2 aromatic heterocycles. The third-order valence-corrected chi connectivity index (χ3v) is 6.20. The standard InChI is InChI=1S/C25H24ClN6O2/c1-34-23-11-16(10-20(26)24(23)33)15-4-5-21-19(9-15)22(6-7-28-21)31-18-12-29-25(30-13-18)32-8-2-3-17(27)14-32/h4-5,7,9-13,17,33H,2-3,8,14,27H2,1H3,(H,28,31). The lowest BCUT2D eigenvalue weighted by atomic mass is 10.0. The monoisotopic (exact) mass is 475 g/mol. The van der Waals surface area contributed by atoms with Crippen LogP contribution in [-0.4, -0.2) is 46.3 Å². The molecule has 1 radical (unpaired) electrons. The fourth-order valence-electron chi connectivity index (χ4n) is 4.16. The zero-order chi connectivity index (χ0) is 23.7. The number of nitrogens with two attached hydrogens (primary N) is 1. The van der Waals surface area contributed by atoms with Crippen LogP contribution in [0.4, 0.5) is 17.3 Å². The molecule has 4 N–H and O–H groups in total. The molecule has 9 heteroatoms. The maximum Gasteiger partial charge on any atom is 0.225 e. The van der Waals surface area contributed by atoms with Crippen molar-refractivity contribution in [3.8, 4) is 22.6 Å². The average molecular weight is 476 g/mol. The van der Waals surface area contributed by atoms with E-state index >= 15 is 0 Å². The largest absolute Gasteiger partial charge is 0.503 e. The van der Waals surface area contributed by atoms with Gasteiger partial charge in [-0.05, 0) is 48.2 Å². The minimum absolute atomic E-state index is 0.0824. The molecule has 8 nitrogen and oxygen atoms in total. The Hall–Kier alpha value is -3.62. The fraction of sp³-hybridized carbons (Fsp3) is 0.240. The van der Waals surface area contributed by atoms with Gasteiger partial charge in [-0.2, -0.15) is 0 Å². The van der Waals surface area contributed by atoms with Gasteiger partial charge in [-0.3, -0.25) is 4.98 Å². The van der Waals surface area contributed by atoms with Crippen molar-refractivity contribution in [2.24, 2.45) is 5.73 Å². The Balaban J connectivity index is 1.45. The summed E-state index contributed by atoms with van der Waals surface area (Å²) in [6.07, 6.45) is 7.23. The number of benzene rings is 2. The summed E-state index contributed by atoms with van der Waals surface area (Å²) in [5.41, 5.74) is 10.1. The molecule has 0 bridgehead atoms. The van der Waals surface area contributed by atoms with Crippen LogP contribution in [0, 0.1) is 6.07 Å². The summed E-state index contributed by atoms with van der Waals surface area (Å²) in [5.74, 6) is 0.913. The highest BCUT2D eigenvalue weighted by Gasteiger charge is 2.19. The van der Waals surface area contributed by atoms with Gasteiger partial charge in [0.2, 0.25) is 5.95 Å². The Labute approximate surface area is 202 Å². The SMILES string of the molecule is COc1cc(-c2ccc3nc[c]c(Nc4cnc(N5CCCC(N)C5)nc4)c3c2)cc(Cl)c1O. The number of anilines is 3. The predicted octanol–water partition coefficient (Wildman–Crippen LogP) is 4.53.